The van der Waals surface area contributed by atoms with Crippen LogP contribution in [-0.4, -0.2) is 24.2 Å². The smallest absolute Gasteiger partial charge is 0.305 e. The van der Waals surface area contributed by atoms with Gasteiger partial charge in [-0.25, -0.2) is 0 Å². The van der Waals surface area contributed by atoms with Crippen molar-refractivity contribution in [3.05, 3.63) is 29.8 Å². The van der Waals surface area contributed by atoms with Crippen molar-refractivity contribution in [2.24, 2.45) is 5.92 Å². The van der Waals surface area contributed by atoms with Gasteiger partial charge in [-0.1, -0.05) is 44.9 Å². The predicted octanol–water partition coefficient (Wildman–Crippen LogP) is 3.71. The molecule has 0 unspecified atom stereocenters. The van der Waals surface area contributed by atoms with Crippen LogP contribution >= 0.6 is 0 Å². The molecule has 0 fully saturated rings. The molecule has 0 aliphatic heterocycles. The zero-order chi connectivity index (χ0) is 14.3. The monoisotopic (exact) mass is 263 g/mol. The van der Waals surface area contributed by atoms with E-state index in [1.165, 1.54) is 5.56 Å². The summed E-state index contributed by atoms with van der Waals surface area (Å²) >= 11 is 0. The average Bonchev–Trinajstić information content (AvgIpc) is 2.40. The van der Waals surface area contributed by atoms with Crippen LogP contribution in [0.15, 0.2) is 24.3 Å². The maximum absolute atomic E-state index is 10.8. The van der Waals surface area contributed by atoms with Crippen LogP contribution in [0.3, 0.4) is 0 Å². The zero-order valence-corrected chi connectivity index (χ0v) is 12.2. The molecule has 1 N–H and O–H groups in total. The van der Waals surface area contributed by atoms with E-state index in [9.17, 15) is 4.79 Å². The molecule has 1 aromatic rings. The van der Waals surface area contributed by atoms with E-state index in [1.54, 1.807) is 0 Å². The van der Waals surface area contributed by atoms with Crippen LogP contribution in [-0.2, 0) is 4.79 Å². The molecule has 106 valence electrons. The molecule has 0 radical (unpaired) electrons. The van der Waals surface area contributed by atoms with Crippen molar-refractivity contribution >= 4 is 11.7 Å². The Balaban J connectivity index is 2.85. The van der Waals surface area contributed by atoms with Gasteiger partial charge in [-0.3, -0.25) is 4.79 Å². The van der Waals surface area contributed by atoms with Crippen molar-refractivity contribution in [2.75, 3.05) is 18.0 Å². The van der Waals surface area contributed by atoms with Crippen LogP contribution in [0.1, 0.15) is 38.7 Å². The Morgan fingerprint density at radius 2 is 1.89 bits per heavy atom. The Morgan fingerprint density at radius 3 is 2.42 bits per heavy atom. The summed E-state index contributed by atoms with van der Waals surface area (Å²) < 4.78 is 0. The van der Waals surface area contributed by atoms with Gasteiger partial charge in [0.05, 0.1) is 6.42 Å². The topological polar surface area (TPSA) is 40.5 Å². The van der Waals surface area contributed by atoms with Gasteiger partial charge in [-0.15, -0.1) is 0 Å². The largest absolute Gasteiger partial charge is 0.481 e. The van der Waals surface area contributed by atoms with Crippen molar-refractivity contribution in [3.63, 3.8) is 0 Å². The van der Waals surface area contributed by atoms with Gasteiger partial charge in [0.2, 0.25) is 0 Å². The number of hydrogen-bond acceptors (Lipinski definition) is 2. The highest BCUT2D eigenvalue weighted by molar-refractivity contribution is 5.68. The number of aliphatic carboxylic acids is 1. The molecule has 0 atom stereocenters. The molecule has 0 amide bonds. The summed E-state index contributed by atoms with van der Waals surface area (Å²) in [6, 6.07) is 8.20. The third-order valence-electron chi connectivity index (χ3n) is 3.69. The second-order valence-corrected chi connectivity index (χ2v) is 5.06. The molecule has 3 heteroatoms. The van der Waals surface area contributed by atoms with Gasteiger partial charge in [0.1, 0.15) is 0 Å². The van der Waals surface area contributed by atoms with Crippen LogP contribution in [0.2, 0.25) is 0 Å². The summed E-state index contributed by atoms with van der Waals surface area (Å²) in [5.41, 5.74) is 2.37. The predicted molar refractivity (Wildman–Crippen MR) is 79.7 cm³/mol. The maximum Gasteiger partial charge on any atom is 0.305 e. The van der Waals surface area contributed by atoms with Gasteiger partial charge in [-0.05, 0) is 24.5 Å². The van der Waals surface area contributed by atoms with E-state index in [-0.39, 0.29) is 6.42 Å². The summed E-state index contributed by atoms with van der Waals surface area (Å²) in [5, 5.41) is 8.90. The third kappa shape index (κ3) is 4.93. The van der Waals surface area contributed by atoms with E-state index in [4.69, 9.17) is 5.11 Å². The molecule has 3 nitrogen and oxygen atoms in total. The fraction of sp³-hybridized carbons (Fsp3) is 0.562. The minimum absolute atomic E-state index is 0.189. The number of nitrogens with zero attached hydrogens (tertiary/aromatic N) is 1. The molecule has 19 heavy (non-hydrogen) atoms. The van der Waals surface area contributed by atoms with Gasteiger partial charge < -0.3 is 10.0 Å². The van der Waals surface area contributed by atoms with Gasteiger partial charge in [-0.2, -0.15) is 0 Å². The molecule has 0 aromatic heterocycles. The fourth-order valence-electron chi connectivity index (χ4n) is 2.32. The van der Waals surface area contributed by atoms with E-state index in [2.05, 4.69) is 37.8 Å². The summed E-state index contributed by atoms with van der Waals surface area (Å²) in [4.78, 5) is 13.0. The lowest BCUT2D eigenvalue weighted by atomic mass is 10.0. The number of rotatable bonds is 8. The zero-order valence-electron chi connectivity index (χ0n) is 12.2. The quantitative estimate of drug-likeness (QED) is 0.777. The number of carboxylic acid groups (broad SMARTS) is 1. The van der Waals surface area contributed by atoms with E-state index in [0.29, 0.717) is 12.5 Å². The second kappa shape index (κ2) is 7.82. The summed E-state index contributed by atoms with van der Waals surface area (Å²) in [7, 11) is 0. The van der Waals surface area contributed by atoms with Gasteiger partial charge in [0.25, 0.3) is 0 Å². The first-order valence-corrected chi connectivity index (χ1v) is 7.10. The molecule has 0 aliphatic carbocycles. The molecule has 0 saturated carbocycles. The Hall–Kier alpha value is -1.51. The Morgan fingerprint density at radius 1 is 1.26 bits per heavy atom. The minimum atomic E-state index is -0.733. The number of benzene rings is 1. The normalized spacial score (nSPS) is 10.7. The van der Waals surface area contributed by atoms with Crippen LogP contribution in [0.4, 0.5) is 5.69 Å². The Kier molecular flexibility index (Phi) is 6.40. The number of anilines is 1. The number of carboxylic acids is 1. The molecule has 0 bridgehead atoms. The first-order chi connectivity index (χ1) is 9.08. The van der Waals surface area contributed by atoms with Gasteiger partial charge in [0, 0.05) is 18.8 Å². The van der Waals surface area contributed by atoms with Crippen molar-refractivity contribution < 1.29 is 9.90 Å². The van der Waals surface area contributed by atoms with Crippen LogP contribution in [0.25, 0.3) is 0 Å². The first kappa shape index (κ1) is 15.5. The van der Waals surface area contributed by atoms with Crippen molar-refractivity contribution in [2.45, 2.75) is 40.0 Å². The summed E-state index contributed by atoms with van der Waals surface area (Å²) in [6.45, 7) is 7.99. The molecule has 0 heterocycles. The van der Waals surface area contributed by atoms with E-state index in [1.807, 2.05) is 12.1 Å². The van der Waals surface area contributed by atoms with Crippen molar-refractivity contribution in [1.82, 2.24) is 0 Å². The van der Waals surface area contributed by atoms with Gasteiger partial charge in [0.15, 0.2) is 0 Å². The van der Waals surface area contributed by atoms with E-state index in [0.717, 1.165) is 25.1 Å². The molecule has 1 rings (SSSR count). The lowest BCUT2D eigenvalue weighted by Crippen LogP contribution is -2.31. The molecule has 0 spiro atoms. The van der Waals surface area contributed by atoms with E-state index < -0.39 is 5.97 Å². The second-order valence-electron chi connectivity index (χ2n) is 5.06. The van der Waals surface area contributed by atoms with Crippen molar-refractivity contribution in [1.29, 1.82) is 0 Å². The average molecular weight is 263 g/mol. The first-order valence-electron chi connectivity index (χ1n) is 7.10. The lowest BCUT2D eigenvalue weighted by molar-refractivity contribution is -0.136. The highest BCUT2D eigenvalue weighted by Gasteiger charge is 2.14. The number of aryl methyl sites for hydroxylation is 1. The molecule has 1 aromatic carbocycles. The van der Waals surface area contributed by atoms with Crippen LogP contribution < -0.4 is 4.90 Å². The number of hydrogen-bond donors (Lipinski definition) is 1. The van der Waals surface area contributed by atoms with Crippen molar-refractivity contribution in [3.8, 4) is 0 Å². The number of carbonyl (C=O) groups is 1. The highest BCUT2D eigenvalue weighted by atomic mass is 16.4. The number of para-hydroxylation sites is 1. The summed E-state index contributed by atoms with van der Waals surface area (Å²) in [6.07, 6.45) is 2.45. The highest BCUT2D eigenvalue weighted by Crippen LogP contribution is 2.22. The third-order valence-corrected chi connectivity index (χ3v) is 3.69. The Bertz CT molecular complexity index is 399. The maximum atomic E-state index is 10.8. The summed E-state index contributed by atoms with van der Waals surface area (Å²) in [5.74, 6) is -0.114. The minimum Gasteiger partial charge on any atom is -0.481 e. The van der Waals surface area contributed by atoms with Crippen LogP contribution in [0, 0.1) is 12.8 Å². The van der Waals surface area contributed by atoms with Crippen LogP contribution in [0.5, 0.6) is 0 Å². The SMILES string of the molecule is CCC(CC)CN(CCC(=O)O)c1ccccc1C. The molecular weight excluding hydrogens is 238 g/mol. The van der Waals surface area contributed by atoms with E-state index >= 15 is 0 Å². The molecule has 0 aliphatic rings. The molecular formula is C16H25NO2. The Labute approximate surface area is 116 Å². The lowest BCUT2D eigenvalue weighted by Gasteiger charge is -2.29. The molecule has 0 saturated heterocycles. The standard InChI is InChI=1S/C16H25NO2/c1-4-14(5-2)12-17(11-10-16(18)19)15-9-7-6-8-13(15)3/h6-9,14H,4-5,10-12H2,1-3H3,(H,18,19). The fourth-order valence-corrected chi connectivity index (χ4v) is 2.32. The van der Waals surface area contributed by atoms with Gasteiger partial charge >= 0.3 is 5.97 Å².